The van der Waals surface area contributed by atoms with Gasteiger partial charge in [0.15, 0.2) is 0 Å². The van der Waals surface area contributed by atoms with E-state index < -0.39 is 15.7 Å². The van der Waals surface area contributed by atoms with Crippen LogP contribution in [0.4, 0.5) is 0 Å². The summed E-state index contributed by atoms with van der Waals surface area (Å²) in [6, 6.07) is 13.2. The van der Waals surface area contributed by atoms with Crippen LogP contribution < -0.4 is 4.74 Å². The summed E-state index contributed by atoms with van der Waals surface area (Å²) in [6.45, 7) is 1.98. The van der Waals surface area contributed by atoms with Crippen LogP contribution in [-0.2, 0) is 19.9 Å². The van der Waals surface area contributed by atoms with E-state index in [0.717, 1.165) is 16.7 Å². The van der Waals surface area contributed by atoms with Crippen LogP contribution in [0.5, 0.6) is 11.5 Å². The van der Waals surface area contributed by atoms with E-state index in [2.05, 4.69) is 0 Å². The van der Waals surface area contributed by atoms with Gasteiger partial charge in [0.2, 0.25) is 0 Å². The molecule has 108 valence electrons. The smallest absolute Gasteiger partial charge is 0.268 e. The average Bonchev–Trinajstić information content (AvgIpc) is 2.76. The lowest BCUT2D eigenvalue weighted by atomic mass is 9.81. The van der Waals surface area contributed by atoms with Crippen LogP contribution in [0.15, 0.2) is 42.5 Å². The summed E-state index contributed by atoms with van der Waals surface area (Å²) in [5.74, 6) is 1.35. The van der Waals surface area contributed by atoms with Crippen LogP contribution in [-0.4, -0.2) is 14.2 Å². The Morgan fingerprint density at radius 3 is 2.57 bits per heavy atom. The van der Waals surface area contributed by atoms with E-state index >= 15 is 0 Å². The van der Waals surface area contributed by atoms with Gasteiger partial charge in [0.05, 0.1) is 5.75 Å². The van der Waals surface area contributed by atoms with E-state index in [0.29, 0.717) is 17.9 Å². The van der Waals surface area contributed by atoms with Gasteiger partial charge in [0, 0.05) is 17.5 Å². The van der Waals surface area contributed by atoms with Crippen molar-refractivity contribution in [2.75, 3.05) is 5.75 Å². The van der Waals surface area contributed by atoms with Crippen LogP contribution in [0, 0.1) is 6.92 Å². The quantitative estimate of drug-likeness (QED) is 0.702. The number of ether oxygens (including phenoxy) is 1. The SMILES string of the molecule is Cc1ccc2c(c1)Oc1ccccc1C21CCS(=O)(=O)O1. The molecular weight excluding hydrogens is 288 g/mol. The first-order valence-electron chi connectivity index (χ1n) is 6.82. The third-order valence-electron chi connectivity index (χ3n) is 4.09. The summed E-state index contributed by atoms with van der Waals surface area (Å²) < 4.78 is 35.4. The Morgan fingerprint density at radius 1 is 1.05 bits per heavy atom. The third kappa shape index (κ3) is 1.81. The molecule has 2 aromatic rings. The largest absolute Gasteiger partial charge is 0.457 e. The monoisotopic (exact) mass is 302 g/mol. The maximum atomic E-state index is 11.9. The molecule has 2 aliphatic heterocycles. The molecule has 1 unspecified atom stereocenters. The van der Waals surface area contributed by atoms with Crippen LogP contribution in [0.25, 0.3) is 0 Å². The van der Waals surface area contributed by atoms with Crippen molar-refractivity contribution in [3.05, 3.63) is 59.2 Å². The molecule has 0 bridgehead atoms. The Kier molecular flexibility index (Phi) is 2.50. The summed E-state index contributed by atoms with van der Waals surface area (Å²) >= 11 is 0. The number of para-hydroxylation sites is 1. The fourth-order valence-electron chi connectivity index (χ4n) is 3.13. The first-order chi connectivity index (χ1) is 10.0. The molecule has 4 nitrogen and oxygen atoms in total. The summed E-state index contributed by atoms with van der Waals surface area (Å²) in [7, 11) is -3.51. The van der Waals surface area contributed by atoms with Gasteiger partial charge in [-0.05, 0) is 24.6 Å². The topological polar surface area (TPSA) is 52.6 Å². The highest BCUT2D eigenvalue weighted by Gasteiger charge is 2.51. The Hall–Kier alpha value is -1.85. The molecule has 2 aliphatic rings. The molecule has 0 radical (unpaired) electrons. The van der Waals surface area contributed by atoms with Crippen molar-refractivity contribution in [2.24, 2.45) is 0 Å². The van der Waals surface area contributed by atoms with E-state index in [4.69, 9.17) is 8.92 Å². The van der Waals surface area contributed by atoms with Crippen LogP contribution in [0.2, 0.25) is 0 Å². The molecule has 1 fully saturated rings. The number of rotatable bonds is 0. The molecule has 0 aromatic heterocycles. The zero-order chi connectivity index (χ0) is 14.7. The fourth-order valence-corrected chi connectivity index (χ4v) is 4.45. The number of benzene rings is 2. The van der Waals surface area contributed by atoms with Gasteiger partial charge in [-0.15, -0.1) is 0 Å². The summed E-state index contributed by atoms with van der Waals surface area (Å²) in [4.78, 5) is 0. The molecule has 0 saturated carbocycles. The standard InChI is InChI=1S/C16H14O4S/c1-11-6-7-13-15(10-11)19-14-5-3-2-4-12(14)16(13)8-9-21(17,18)20-16/h2-7,10H,8-9H2,1H3. The van der Waals surface area contributed by atoms with Crippen molar-refractivity contribution < 1.29 is 17.3 Å². The van der Waals surface area contributed by atoms with E-state index in [9.17, 15) is 8.42 Å². The molecule has 0 aliphatic carbocycles. The van der Waals surface area contributed by atoms with Gasteiger partial charge in [0.1, 0.15) is 17.1 Å². The van der Waals surface area contributed by atoms with Crippen molar-refractivity contribution in [2.45, 2.75) is 18.9 Å². The average molecular weight is 302 g/mol. The number of aryl methyl sites for hydroxylation is 1. The molecule has 2 aromatic carbocycles. The number of hydrogen-bond acceptors (Lipinski definition) is 4. The lowest BCUT2D eigenvalue weighted by Gasteiger charge is -2.35. The number of hydrogen-bond donors (Lipinski definition) is 0. The van der Waals surface area contributed by atoms with E-state index in [-0.39, 0.29) is 5.75 Å². The maximum absolute atomic E-state index is 11.9. The minimum absolute atomic E-state index is 0.0225. The zero-order valence-electron chi connectivity index (χ0n) is 11.5. The second kappa shape index (κ2) is 4.08. The Balaban J connectivity index is 2.02. The van der Waals surface area contributed by atoms with Crippen LogP contribution in [0.1, 0.15) is 23.1 Å². The Bertz CT molecular complexity index is 841. The van der Waals surface area contributed by atoms with Crippen molar-refractivity contribution in [1.82, 2.24) is 0 Å². The second-order valence-electron chi connectivity index (χ2n) is 5.52. The third-order valence-corrected chi connectivity index (χ3v) is 5.33. The van der Waals surface area contributed by atoms with Gasteiger partial charge < -0.3 is 4.74 Å². The Labute approximate surface area is 123 Å². The molecular formula is C16H14O4S. The fraction of sp³-hybridized carbons (Fsp3) is 0.250. The van der Waals surface area contributed by atoms with Gasteiger partial charge in [-0.3, -0.25) is 4.18 Å². The molecule has 1 spiro atoms. The van der Waals surface area contributed by atoms with Crippen molar-refractivity contribution >= 4 is 10.1 Å². The minimum atomic E-state index is -3.51. The highest BCUT2D eigenvalue weighted by Crippen LogP contribution is 2.53. The Morgan fingerprint density at radius 2 is 1.81 bits per heavy atom. The maximum Gasteiger partial charge on any atom is 0.268 e. The lowest BCUT2D eigenvalue weighted by molar-refractivity contribution is 0.129. The lowest BCUT2D eigenvalue weighted by Crippen LogP contribution is -2.31. The summed E-state index contributed by atoms with van der Waals surface area (Å²) in [6.07, 6.45) is 0.408. The molecule has 1 saturated heterocycles. The molecule has 4 rings (SSSR count). The van der Waals surface area contributed by atoms with E-state index in [1.807, 2.05) is 49.4 Å². The summed E-state index contributed by atoms with van der Waals surface area (Å²) in [5, 5.41) is 0. The van der Waals surface area contributed by atoms with Gasteiger partial charge in [-0.25, -0.2) is 0 Å². The van der Waals surface area contributed by atoms with Gasteiger partial charge >= 0.3 is 0 Å². The molecule has 0 amide bonds. The van der Waals surface area contributed by atoms with Crippen molar-refractivity contribution in [3.63, 3.8) is 0 Å². The first-order valence-corrected chi connectivity index (χ1v) is 8.40. The van der Waals surface area contributed by atoms with Gasteiger partial charge in [0.25, 0.3) is 10.1 Å². The minimum Gasteiger partial charge on any atom is -0.457 e. The first kappa shape index (κ1) is 12.9. The zero-order valence-corrected chi connectivity index (χ0v) is 12.3. The van der Waals surface area contributed by atoms with Gasteiger partial charge in [-0.2, -0.15) is 8.42 Å². The number of fused-ring (bicyclic) bond motifs is 4. The van der Waals surface area contributed by atoms with E-state index in [1.165, 1.54) is 0 Å². The van der Waals surface area contributed by atoms with Crippen LogP contribution in [0.3, 0.4) is 0 Å². The molecule has 5 heteroatoms. The van der Waals surface area contributed by atoms with Crippen molar-refractivity contribution in [3.8, 4) is 11.5 Å². The molecule has 1 atom stereocenters. The van der Waals surface area contributed by atoms with Crippen LogP contribution >= 0.6 is 0 Å². The molecule has 21 heavy (non-hydrogen) atoms. The van der Waals surface area contributed by atoms with E-state index in [1.54, 1.807) is 0 Å². The molecule has 0 N–H and O–H groups in total. The highest BCUT2D eigenvalue weighted by atomic mass is 32.2. The second-order valence-corrected chi connectivity index (χ2v) is 7.21. The van der Waals surface area contributed by atoms with Gasteiger partial charge in [-0.1, -0.05) is 30.3 Å². The normalized spacial score (nSPS) is 25.2. The predicted molar refractivity (Wildman–Crippen MR) is 78.0 cm³/mol. The molecule has 2 heterocycles. The van der Waals surface area contributed by atoms with Crippen molar-refractivity contribution in [1.29, 1.82) is 0 Å². The highest BCUT2D eigenvalue weighted by molar-refractivity contribution is 7.86. The summed E-state index contributed by atoms with van der Waals surface area (Å²) in [5.41, 5.74) is 1.68. The predicted octanol–water partition coefficient (Wildman–Crippen LogP) is 3.09.